The lowest BCUT2D eigenvalue weighted by Gasteiger charge is -2.39. The molecule has 0 radical (unpaired) electrons. The van der Waals surface area contributed by atoms with Crippen molar-refractivity contribution in [3.05, 3.63) is 66.5 Å². The maximum atomic E-state index is 12.8. The topological polar surface area (TPSA) is 152 Å². The fourth-order valence-electron chi connectivity index (χ4n) is 6.80. The summed E-state index contributed by atoms with van der Waals surface area (Å²) in [6, 6.07) is 0. The van der Waals surface area contributed by atoms with Gasteiger partial charge >= 0.3 is 11.9 Å². The van der Waals surface area contributed by atoms with Gasteiger partial charge in [0.05, 0.1) is 13.2 Å². The molecule has 1 fully saturated rings. The zero-order valence-corrected chi connectivity index (χ0v) is 38.2. The van der Waals surface area contributed by atoms with Crippen molar-refractivity contribution in [2.75, 3.05) is 19.8 Å². The van der Waals surface area contributed by atoms with E-state index in [2.05, 4.69) is 74.3 Å². The number of hydrogen-bond acceptors (Lipinski definition) is 10. The summed E-state index contributed by atoms with van der Waals surface area (Å²) < 4.78 is 22.1. The van der Waals surface area contributed by atoms with Crippen molar-refractivity contribution in [3.63, 3.8) is 0 Å². The number of hydrogen-bond donors (Lipinski definition) is 4. The second-order valence-electron chi connectivity index (χ2n) is 16.3. The molecule has 1 rings (SSSR count). The molecule has 4 N–H and O–H groups in total. The quantitative estimate of drug-likeness (QED) is 0.0203. The van der Waals surface area contributed by atoms with E-state index < -0.39 is 55.4 Å². The number of allylic oxidation sites excluding steroid dienone is 9. The maximum Gasteiger partial charge on any atom is 0.306 e. The van der Waals surface area contributed by atoms with Gasteiger partial charge in [-0.15, -0.1) is 5.73 Å². The average Bonchev–Trinajstić information content (AvgIpc) is 3.26. The van der Waals surface area contributed by atoms with Crippen LogP contribution in [0.2, 0.25) is 0 Å². The fourth-order valence-corrected chi connectivity index (χ4v) is 6.80. The number of carbonyl (C=O) groups excluding carboxylic acids is 2. The molecule has 0 aromatic heterocycles. The molecular formula is C51H86O10. The molecule has 0 spiro atoms. The minimum absolute atomic E-state index is 0.147. The zero-order chi connectivity index (χ0) is 44.4. The van der Waals surface area contributed by atoms with Crippen molar-refractivity contribution in [2.45, 2.75) is 224 Å². The summed E-state index contributed by atoms with van der Waals surface area (Å²) in [7, 11) is 0. The van der Waals surface area contributed by atoms with Gasteiger partial charge in [-0.05, 0) is 89.2 Å². The van der Waals surface area contributed by atoms with Crippen molar-refractivity contribution in [1.29, 1.82) is 0 Å². The minimum atomic E-state index is -1.61. The summed E-state index contributed by atoms with van der Waals surface area (Å²) in [5.41, 5.74) is 3.29. The van der Waals surface area contributed by atoms with Crippen LogP contribution in [-0.4, -0.2) is 89.0 Å². The number of rotatable bonds is 39. The molecule has 0 amide bonds. The lowest BCUT2D eigenvalue weighted by molar-refractivity contribution is -0.305. The minimum Gasteiger partial charge on any atom is -0.462 e. The van der Waals surface area contributed by atoms with E-state index in [4.69, 9.17) is 18.9 Å². The van der Waals surface area contributed by atoms with Crippen LogP contribution in [-0.2, 0) is 28.5 Å². The van der Waals surface area contributed by atoms with Crippen molar-refractivity contribution in [2.24, 2.45) is 0 Å². The second kappa shape index (κ2) is 41.2. The van der Waals surface area contributed by atoms with E-state index in [1.165, 1.54) is 83.5 Å². The normalized spacial score (nSPS) is 19.9. The van der Waals surface area contributed by atoms with Gasteiger partial charge in [0.25, 0.3) is 0 Å². The Morgan fingerprint density at radius 2 is 1.03 bits per heavy atom. The first-order valence-corrected chi connectivity index (χ1v) is 24.1. The van der Waals surface area contributed by atoms with Crippen LogP contribution in [0.25, 0.3) is 0 Å². The third-order valence-corrected chi connectivity index (χ3v) is 10.6. The van der Waals surface area contributed by atoms with Gasteiger partial charge in [0, 0.05) is 12.8 Å². The maximum absolute atomic E-state index is 12.8. The van der Waals surface area contributed by atoms with Crippen molar-refractivity contribution in [3.8, 4) is 0 Å². The smallest absolute Gasteiger partial charge is 0.306 e. The van der Waals surface area contributed by atoms with Crippen LogP contribution in [0.15, 0.2) is 66.5 Å². The Morgan fingerprint density at radius 1 is 0.557 bits per heavy atom. The predicted octanol–water partition coefficient (Wildman–Crippen LogP) is 10.8. The summed E-state index contributed by atoms with van der Waals surface area (Å²) in [6.45, 7) is 3.33. The third kappa shape index (κ3) is 32.5. The lowest BCUT2D eigenvalue weighted by Crippen LogP contribution is -2.59. The van der Waals surface area contributed by atoms with E-state index in [1.54, 1.807) is 0 Å². The van der Waals surface area contributed by atoms with Crippen molar-refractivity contribution in [1.82, 2.24) is 0 Å². The fraction of sp³-hybridized carbons (Fsp3) is 0.745. The molecule has 10 nitrogen and oxygen atoms in total. The first-order valence-electron chi connectivity index (χ1n) is 24.1. The highest BCUT2D eigenvalue weighted by Crippen LogP contribution is 2.22. The first kappa shape index (κ1) is 56.2. The van der Waals surface area contributed by atoms with Crippen molar-refractivity contribution < 1.29 is 49.0 Å². The molecule has 1 heterocycles. The Hall–Kier alpha value is -2.82. The molecule has 0 aromatic carbocycles. The molecule has 0 aliphatic carbocycles. The van der Waals surface area contributed by atoms with Crippen LogP contribution in [0.3, 0.4) is 0 Å². The second-order valence-corrected chi connectivity index (χ2v) is 16.3. The molecule has 6 atom stereocenters. The SMILES string of the molecule is CCCCCCCC=C=CCCCCCCCC(=O)OC[C@H](CO[C@@H]1O[C@H](CO)[C@H](O)C(O)C1O)OC(=O)CCC/C=C/C/C=C/C/C=C/C/C=C/CCCCCCCCC. The molecule has 1 aliphatic heterocycles. The van der Waals surface area contributed by atoms with E-state index >= 15 is 0 Å². The molecule has 350 valence electrons. The van der Waals surface area contributed by atoms with Gasteiger partial charge < -0.3 is 39.4 Å². The summed E-state index contributed by atoms with van der Waals surface area (Å²) in [4.78, 5) is 25.3. The van der Waals surface area contributed by atoms with Crippen LogP contribution in [0.4, 0.5) is 0 Å². The Bertz CT molecular complexity index is 1230. The Balaban J connectivity index is 2.37. The molecule has 2 unspecified atom stereocenters. The number of ether oxygens (including phenoxy) is 4. The highest BCUT2D eigenvalue weighted by Gasteiger charge is 2.44. The van der Waals surface area contributed by atoms with Gasteiger partial charge in [0.15, 0.2) is 12.4 Å². The molecule has 10 heteroatoms. The van der Waals surface area contributed by atoms with Gasteiger partial charge in [-0.2, -0.15) is 0 Å². The van der Waals surface area contributed by atoms with Crippen LogP contribution in [0, 0.1) is 0 Å². The monoisotopic (exact) mass is 859 g/mol. The van der Waals surface area contributed by atoms with Crippen LogP contribution in [0.1, 0.15) is 187 Å². The van der Waals surface area contributed by atoms with Crippen molar-refractivity contribution >= 4 is 11.9 Å². The Labute approximate surface area is 370 Å². The largest absolute Gasteiger partial charge is 0.462 e. The molecule has 61 heavy (non-hydrogen) atoms. The van der Waals surface area contributed by atoms with E-state index in [9.17, 15) is 30.0 Å². The number of carbonyl (C=O) groups is 2. The number of aliphatic hydroxyl groups is 4. The molecule has 0 saturated carbocycles. The Morgan fingerprint density at radius 3 is 1.59 bits per heavy atom. The molecule has 0 aromatic rings. The zero-order valence-electron chi connectivity index (χ0n) is 38.2. The van der Waals surface area contributed by atoms with E-state index in [0.717, 1.165) is 57.8 Å². The van der Waals surface area contributed by atoms with E-state index in [-0.39, 0.29) is 26.1 Å². The Kier molecular flexibility index (Phi) is 38.0. The van der Waals surface area contributed by atoms with Gasteiger partial charge in [0.2, 0.25) is 0 Å². The molecule has 1 saturated heterocycles. The molecule has 0 bridgehead atoms. The standard InChI is InChI=1S/C51H86O10/c1-3-5-7-9-11-13-15-17-19-20-21-22-23-24-26-28-30-32-34-36-38-40-47(54)60-44(43-59-51-50(57)49(56)48(55)45(41-52)61-51)42-58-46(53)39-37-35-33-31-29-27-25-18-16-14-12-10-8-6-4-2/h16,19-20,22-23,25-26,28,32,34,44-45,48-52,55-57H,3-15,17,21,24,27,29-31,33,35-43H2,1-2H3/b20-19+,23-22+,28-26+,34-32+/t18?,44-,45-,48+,49?,50?,51-/m1/s1. The summed E-state index contributed by atoms with van der Waals surface area (Å²) in [5.74, 6) is -0.896. The molecular weight excluding hydrogens is 773 g/mol. The van der Waals surface area contributed by atoms with Crippen LogP contribution >= 0.6 is 0 Å². The van der Waals surface area contributed by atoms with E-state index in [0.29, 0.717) is 19.3 Å². The molecule has 1 aliphatic rings. The summed E-state index contributed by atoms with van der Waals surface area (Å²) in [6.07, 6.45) is 41.5. The number of unbranched alkanes of at least 4 members (excludes halogenated alkanes) is 18. The number of aliphatic hydroxyl groups excluding tert-OH is 4. The third-order valence-electron chi connectivity index (χ3n) is 10.6. The van der Waals surface area contributed by atoms with Crippen LogP contribution < -0.4 is 0 Å². The van der Waals surface area contributed by atoms with Crippen LogP contribution in [0.5, 0.6) is 0 Å². The predicted molar refractivity (Wildman–Crippen MR) is 246 cm³/mol. The summed E-state index contributed by atoms with van der Waals surface area (Å²) in [5, 5.41) is 40.1. The first-order chi connectivity index (χ1) is 29.8. The highest BCUT2D eigenvalue weighted by molar-refractivity contribution is 5.70. The summed E-state index contributed by atoms with van der Waals surface area (Å²) >= 11 is 0. The van der Waals surface area contributed by atoms with Gasteiger partial charge in [0.1, 0.15) is 31.0 Å². The van der Waals surface area contributed by atoms with Gasteiger partial charge in [-0.1, -0.05) is 146 Å². The number of esters is 2. The van der Waals surface area contributed by atoms with E-state index in [1.807, 2.05) is 6.08 Å². The highest BCUT2D eigenvalue weighted by atomic mass is 16.7. The average molecular weight is 859 g/mol. The lowest BCUT2D eigenvalue weighted by atomic mass is 9.99. The van der Waals surface area contributed by atoms with Gasteiger partial charge in [-0.3, -0.25) is 9.59 Å². The van der Waals surface area contributed by atoms with Gasteiger partial charge in [-0.25, -0.2) is 0 Å².